The second kappa shape index (κ2) is 5.44. The van der Waals surface area contributed by atoms with Gasteiger partial charge in [0, 0.05) is 5.54 Å². The summed E-state index contributed by atoms with van der Waals surface area (Å²) in [6.07, 6.45) is 5.15. The Hall–Kier alpha value is -0.820. The zero-order chi connectivity index (χ0) is 13.2. The van der Waals surface area contributed by atoms with E-state index in [2.05, 4.69) is 51.1 Å². The highest BCUT2D eigenvalue weighted by Crippen LogP contribution is 2.39. The minimum absolute atomic E-state index is 0.0188. The van der Waals surface area contributed by atoms with Crippen LogP contribution in [0.2, 0.25) is 0 Å². The Morgan fingerprint density at radius 1 is 1.17 bits per heavy atom. The van der Waals surface area contributed by atoms with Crippen LogP contribution in [0.25, 0.3) is 0 Å². The van der Waals surface area contributed by atoms with Gasteiger partial charge in [0.05, 0.1) is 0 Å². The number of nitrogens with two attached hydrogens (primary N) is 1. The topological polar surface area (TPSA) is 26.0 Å². The molecule has 1 aliphatic carbocycles. The molecule has 1 heteroatoms. The largest absolute Gasteiger partial charge is 0.325 e. The van der Waals surface area contributed by atoms with E-state index in [0.717, 1.165) is 11.8 Å². The zero-order valence-corrected chi connectivity index (χ0v) is 12.0. The van der Waals surface area contributed by atoms with Crippen molar-refractivity contribution < 1.29 is 0 Å². The fourth-order valence-corrected chi connectivity index (χ4v) is 3.29. The third-order valence-electron chi connectivity index (χ3n) is 4.76. The van der Waals surface area contributed by atoms with Gasteiger partial charge in [-0.25, -0.2) is 0 Å². The summed E-state index contributed by atoms with van der Waals surface area (Å²) in [7, 11) is 0. The van der Waals surface area contributed by atoms with Gasteiger partial charge in [-0.2, -0.15) is 0 Å². The quantitative estimate of drug-likeness (QED) is 0.855. The van der Waals surface area contributed by atoms with Gasteiger partial charge in [0.25, 0.3) is 0 Å². The Balaban J connectivity index is 2.02. The molecule has 1 saturated carbocycles. The van der Waals surface area contributed by atoms with Gasteiger partial charge >= 0.3 is 0 Å². The molecule has 2 rings (SSSR count). The van der Waals surface area contributed by atoms with Crippen molar-refractivity contribution in [2.24, 2.45) is 23.5 Å². The molecule has 0 heterocycles. The summed E-state index contributed by atoms with van der Waals surface area (Å²) in [6, 6.07) is 10.9. The van der Waals surface area contributed by atoms with Crippen molar-refractivity contribution in [2.45, 2.75) is 52.0 Å². The van der Waals surface area contributed by atoms with Gasteiger partial charge < -0.3 is 5.73 Å². The molecule has 3 unspecified atom stereocenters. The van der Waals surface area contributed by atoms with Crippen molar-refractivity contribution in [3.05, 3.63) is 35.9 Å². The molecule has 1 fully saturated rings. The van der Waals surface area contributed by atoms with E-state index in [-0.39, 0.29) is 5.54 Å². The Kier molecular flexibility index (Phi) is 4.11. The van der Waals surface area contributed by atoms with Crippen molar-refractivity contribution in [2.75, 3.05) is 0 Å². The van der Waals surface area contributed by atoms with Crippen molar-refractivity contribution in [3.8, 4) is 0 Å². The summed E-state index contributed by atoms with van der Waals surface area (Å²) in [5, 5.41) is 0. The lowest BCUT2D eigenvalue weighted by Crippen LogP contribution is -2.44. The van der Waals surface area contributed by atoms with Gasteiger partial charge in [-0.15, -0.1) is 0 Å². The first-order valence-corrected chi connectivity index (χ1v) is 7.29. The summed E-state index contributed by atoms with van der Waals surface area (Å²) in [6.45, 7) is 6.79. The average Bonchev–Trinajstić information content (AvgIpc) is 2.32. The lowest BCUT2D eigenvalue weighted by molar-refractivity contribution is 0.140. The maximum Gasteiger partial charge on any atom is 0.0125 e. The molecule has 1 aliphatic rings. The number of benzene rings is 1. The Labute approximate surface area is 112 Å². The second-order valence-corrected chi connectivity index (χ2v) is 6.76. The molecule has 0 saturated heterocycles. The van der Waals surface area contributed by atoms with Crippen molar-refractivity contribution in [3.63, 3.8) is 0 Å². The minimum Gasteiger partial charge on any atom is -0.325 e. The number of hydrogen-bond acceptors (Lipinski definition) is 1. The molecule has 2 N–H and O–H groups in total. The monoisotopic (exact) mass is 245 g/mol. The molecule has 0 aliphatic heterocycles. The van der Waals surface area contributed by atoms with Crippen molar-refractivity contribution >= 4 is 0 Å². The summed E-state index contributed by atoms with van der Waals surface area (Å²) in [5.74, 6) is 2.32. The first-order chi connectivity index (χ1) is 8.47. The van der Waals surface area contributed by atoms with E-state index in [1.165, 1.54) is 31.2 Å². The van der Waals surface area contributed by atoms with Crippen LogP contribution in [0.15, 0.2) is 30.3 Å². The summed E-state index contributed by atoms with van der Waals surface area (Å²) >= 11 is 0. The van der Waals surface area contributed by atoms with Gasteiger partial charge in [-0.05, 0) is 56.4 Å². The summed E-state index contributed by atoms with van der Waals surface area (Å²) < 4.78 is 0. The summed E-state index contributed by atoms with van der Waals surface area (Å²) in [5.41, 5.74) is 7.77. The molecule has 3 atom stereocenters. The fourth-order valence-electron chi connectivity index (χ4n) is 3.29. The van der Waals surface area contributed by atoms with Crippen molar-refractivity contribution in [1.82, 2.24) is 0 Å². The van der Waals surface area contributed by atoms with Crippen molar-refractivity contribution in [1.29, 1.82) is 0 Å². The van der Waals surface area contributed by atoms with E-state index < -0.39 is 0 Å². The van der Waals surface area contributed by atoms with E-state index in [9.17, 15) is 0 Å². The van der Waals surface area contributed by atoms with Crippen LogP contribution >= 0.6 is 0 Å². The van der Waals surface area contributed by atoms with Crippen LogP contribution in [0.3, 0.4) is 0 Å². The van der Waals surface area contributed by atoms with E-state index in [1.54, 1.807) is 0 Å². The lowest BCUT2D eigenvalue weighted by atomic mass is 9.67. The molecule has 0 spiro atoms. The van der Waals surface area contributed by atoms with Gasteiger partial charge in [0.1, 0.15) is 0 Å². The maximum atomic E-state index is 6.31. The van der Waals surface area contributed by atoms with Crippen LogP contribution in [0.4, 0.5) is 0 Å². The van der Waals surface area contributed by atoms with Crippen LogP contribution in [0, 0.1) is 17.8 Å². The molecule has 1 aromatic carbocycles. The molecule has 0 bridgehead atoms. The predicted molar refractivity (Wildman–Crippen MR) is 78.4 cm³/mol. The Morgan fingerprint density at radius 3 is 2.44 bits per heavy atom. The number of rotatable bonds is 3. The molecular weight excluding hydrogens is 218 g/mol. The molecule has 1 aromatic rings. The fraction of sp³-hybridized carbons (Fsp3) is 0.647. The molecule has 100 valence electrons. The third kappa shape index (κ3) is 3.35. The predicted octanol–water partition coefficient (Wildman–Crippen LogP) is 4.02. The number of hydrogen-bond donors (Lipinski definition) is 1. The Bertz CT molecular complexity index is 363. The van der Waals surface area contributed by atoms with Crippen LogP contribution < -0.4 is 5.73 Å². The highest BCUT2D eigenvalue weighted by Gasteiger charge is 2.34. The van der Waals surface area contributed by atoms with Crippen LogP contribution in [0.5, 0.6) is 0 Å². The van der Waals surface area contributed by atoms with E-state index >= 15 is 0 Å². The Morgan fingerprint density at radius 2 is 1.83 bits per heavy atom. The van der Waals surface area contributed by atoms with E-state index in [4.69, 9.17) is 5.73 Å². The average molecular weight is 245 g/mol. The molecule has 0 radical (unpaired) electrons. The second-order valence-electron chi connectivity index (χ2n) is 6.76. The SMILES string of the molecule is CC1CCC(C(C)(C)N)CC1Cc1ccccc1. The molecular formula is C17H27N. The lowest BCUT2D eigenvalue weighted by Gasteiger charge is -2.40. The molecule has 0 aromatic heterocycles. The normalized spacial score (nSPS) is 29.2. The van der Waals surface area contributed by atoms with Gasteiger partial charge in [0.2, 0.25) is 0 Å². The standard InChI is InChI=1S/C17H27N/c1-13-9-10-16(17(2,3)18)12-15(13)11-14-7-5-4-6-8-14/h4-8,13,15-16H,9-12,18H2,1-3H3. The maximum absolute atomic E-state index is 6.31. The van der Waals surface area contributed by atoms with E-state index in [0.29, 0.717) is 5.92 Å². The first kappa shape index (κ1) is 13.6. The molecule has 18 heavy (non-hydrogen) atoms. The zero-order valence-electron chi connectivity index (χ0n) is 12.0. The highest BCUT2D eigenvalue weighted by molar-refractivity contribution is 5.15. The highest BCUT2D eigenvalue weighted by atomic mass is 14.7. The summed E-state index contributed by atoms with van der Waals surface area (Å²) in [4.78, 5) is 0. The van der Waals surface area contributed by atoms with Crippen LogP contribution in [0.1, 0.15) is 45.6 Å². The molecule has 0 amide bonds. The van der Waals surface area contributed by atoms with Crippen LogP contribution in [-0.4, -0.2) is 5.54 Å². The molecule has 1 nitrogen and oxygen atoms in total. The van der Waals surface area contributed by atoms with Gasteiger partial charge in [-0.3, -0.25) is 0 Å². The van der Waals surface area contributed by atoms with Crippen LogP contribution in [-0.2, 0) is 6.42 Å². The first-order valence-electron chi connectivity index (χ1n) is 7.29. The van der Waals surface area contributed by atoms with Gasteiger partial charge in [0.15, 0.2) is 0 Å². The minimum atomic E-state index is -0.0188. The van der Waals surface area contributed by atoms with E-state index in [1.807, 2.05) is 0 Å². The smallest absolute Gasteiger partial charge is 0.0125 e. The third-order valence-corrected chi connectivity index (χ3v) is 4.76. The van der Waals surface area contributed by atoms with Gasteiger partial charge in [-0.1, -0.05) is 43.7 Å².